The van der Waals surface area contributed by atoms with Gasteiger partial charge in [-0.05, 0) is 25.9 Å². The highest BCUT2D eigenvalue weighted by atomic mass is 35.5. The van der Waals surface area contributed by atoms with Gasteiger partial charge in [-0.25, -0.2) is 0 Å². The lowest BCUT2D eigenvalue weighted by Gasteiger charge is -2.24. The maximum absolute atomic E-state index is 11.4. The second-order valence-corrected chi connectivity index (χ2v) is 5.35. The monoisotopic (exact) mass is 243 g/mol. The Labute approximate surface area is 91.8 Å². The fraction of sp³-hybridized carbons (Fsp3) is 1.00. The van der Waals surface area contributed by atoms with Crippen molar-refractivity contribution < 1.29 is 8.42 Å². The van der Waals surface area contributed by atoms with Crippen molar-refractivity contribution in [1.29, 1.82) is 0 Å². The molecule has 0 spiro atoms. The van der Waals surface area contributed by atoms with E-state index in [-0.39, 0.29) is 18.4 Å². The van der Waals surface area contributed by atoms with Gasteiger partial charge in [0.1, 0.15) is 0 Å². The lowest BCUT2D eigenvalue weighted by Crippen LogP contribution is -2.46. The van der Waals surface area contributed by atoms with Crippen LogP contribution < -0.4 is 10.0 Å². The van der Waals surface area contributed by atoms with E-state index in [0.29, 0.717) is 0 Å². The molecule has 7 heteroatoms. The Hall–Kier alpha value is 0.120. The van der Waals surface area contributed by atoms with Crippen LogP contribution in [0.25, 0.3) is 0 Å². The number of nitrogens with one attached hydrogen (secondary N) is 2. The molecule has 1 aliphatic heterocycles. The minimum Gasteiger partial charge on any atom is -0.317 e. The molecule has 0 radical (unpaired) electrons. The topological polar surface area (TPSA) is 61.4 Å². The Morgan fingerprint density at radius 3 is 2.21 bits per heavy atom. The number of piperidine rings is 1. The molecule has 2 N–H and O–H groups in total. The zero-order valence-electron chi connectivity index (χ0n) is 8.49. The highest BCUT2D eigenvalue weighted by Gasteiger charge is 2.20. The number of hydrogen-bond acceptors (Lipinski definition) is 3. The zero-order valence-corrected chi connectivity index (χ0v) is 10.1. The fourth-order valence-corrected chi connectivity index (χ4v) is 2.12. The third kappa shape index (κ3) is 4.10. The Balaban J connectivity index is 0.00000169. The van der Waals surface area contributed by atoms with Crippen LogP contribution in [-0.4, -0.2) is 45.9 Å². The maximum Gasteiger partial charge on any atom is 0.279 e. The van der Waals surface area contributed by atoms with Crippen molar-refractivity contribution in [3.63, 3.8) is 0 Å². The zero-order chi connectivity index (χ0) is 9.90. The van der Waals surface area contributed by atoms with Crippen molar-refractivity contribution in [2.24, 2.45) is 0 Å². The number of hydrogen-bond donors (Lipinski definition) is 2. The third-order valence-corrected chi connectivity index (χ3v) is 3.73. The van der Waals surface area contributed by atoms with Gasteiger partial charge in [0.05, 0.1) is 0 Å². The van der Waals surface area contributed by atoms with Gasteiger partial charge < -0.3 is 5.32 Å². The van der Waals surface area contributed by atoms with Crippen molar-refractivity contribution in [2.75, 3.05) is 27.2 Å². The van der Waals surface area contributed by atoms with Crippen LogP contribution in [0.15, 0.2) is 0 Å². The van der Waals surface area contributed by atoms with Gasteiger partial charge in [-0.1, -0.05) is 0 Å². The maximum atomic E-state index is 11.4. The molecule has 1 heterocycles. The Morgan fingerprint density at radius 2 is 1.79 bits per heavy atom. The van der Waals surface area contributed by atoms with Crippen LogP contribution in [0.4, 0.5) is 0 Å². The number of rotatable bonds is 3. The van der Waals surface area contributed by atoms with Gasteiger partial charge in [0.15, 0.2) is 0 Å². The van der Waals surface area contributed by atoms with Gasteiger partial charge in [0.25, 0.3) is 10.2 Å². The predicted octanol–water partition coefficient (Wildman–Crippen LogP) is -0.444. The Morgan fingerprint density at radius 1 is 1.29 bits per heavy atom. The van der Waals surface area contributed by atoms with Crippen LogP contribution >= 0.6 is 12.4 Å². The van der Waals surface area contributed by atoms with Crippen LogP contribution in [-0.2, 0) is 10.2 Å². The molecule has 5 nitrogen and oxygen atoms in total. The van der Waals surface area contributed by atoms with E-state index in [1.54, 1.807) is 0 Å². The first-order chi connectivity index (χ1) is 6.02. The van der Waals surface area contributed by atoms with Gasteiger partial charge in [0.2, 0.25) is 0 Å². The first-order valence-corrected chi connectivity index (χ1v) is 5.87. The molecule has 0 bridgehead atoms. The highest BCUT2D eigenvalue weighted by Crippen LogP contribution is 2.04. The molecule has 0 aliphatic carbocycles. The fourth-order valence-electron chi connectivity index (χ4n) is 1.26. The predicted molar refractivity (Wildman–Crippen MR) is 58.9 cm³/mol. The summed E-state index contributed by atoms with van der Waals surface area (Å²) < 4.78 is 26.6. The van der Waals surface area contributed by atoms with Crippen molar-refractivity contribution in [1.82, 2.24) is 14.3 Å². The van der Waals surface area contributed by atoms with Gasteiger partial charge in [0, 0.05) is 20.1 Å². The standard InChI is InChI=1S/C7H17N3O2S.ClH/c1-10(2)13(11,12)9-7-3-5-8-6-4-7;/h7-9H,3-6H2,1-2H3;1H. The molecule has 1 saturated heterocycles. The SMILES string of the molecule is CN(C)S(=O)(=O)NC1CCNCC1.Cl. The van der Waals surface area contributed by atoms with Crippen molar-refractivity contribution in [3.05, 3.63) is 0 Å². The molecule has 86 valence electrons. The molecular weight excluding hydrogens is 226 g/mol. The molecule has 0 atom stereocenters. The lowest BCUT2D eigenvalue weighted by molar-refractivity contribution is 0.413. The molecule has 1 rings (SSSR count). The Bertz CT molecular complexity index is 250. The quantitative estimate of drug-likeness (QED) is 0.706. The summed E-state index contributed by atoms with van der Waals surface area (Å²) in [5, 5.41) is 3.18. The van der Waals surface area contributed by atoms with E-state index in [9.17, 15) is 8.42 Å². The first kappa shape index (κ1) is 14.1. The number of nitrogens with zero attached hydrogens (tertiary/aromatic N) is 1. The third-order valence-electron chi connectivity index (χ3n) is 2.14. The van der Waals surface area contributed by atoms with Gasteiger partial charge >= 0.3 is 0 Å². The van der Waals surface area contributed by atoms with E-state index in [1.165, 1.54) is 18.4 Å². The van der Waals surface area contributed by atoms with Gasteiger partial charge in [-0.3, -0.25) is 0 Å². The lowest BCUT2D eigenvalue weighted by atomic mass is 10.1. The van der Waals surface area contributed by atoms with E-state index in [2.05, 4.69) is 10.0 Å². The molecule has 0 aromatic heterocycles. The van der Waals surface area contributed by atoms with Crippen molar-refractivity contribution >= 4 is 22.6 Å². The minimum absolute atomic E-state index is 0. The highest BCUT2D eigenvalue weighted by molar-refractivity contribution is 7.87. The van der Waals surface area contributed by atoms with E-state index in [1.807, 2.05) is 0 Å². The summed E-state index contributed by atoms with van der Waals surface area (Å²) in [5.41, 5.74) is 0. The second kappa shape index (κ2) is 5.87. The summed E-state index contributed by atoms with van der Waals surface area (Å²) >= 11 is 0. The van der Waals surface area contributed by atoms with Crippen molar-refractivity contribution in [2.45, 2.75) is 18.9 Å². The first-order valence-electron chi connectivity index (χ1n) is 4.43. The Kier molecular flexibility index (Phi) is 5.92. The molecule has 0 unspecified atom stereocenters. The molecule has 0 amide bonds. The van der Waals surface area contributed by atoms with Crippen LogP contribution in [0.1, 0.15) is 12.8 Å². The van der Waals surface area contributed by atoms with E-state index in [0.717, 1.165) is 25.9 Å². The average molecular weight is 244 g/mol. The molecule has 1 aliphatic rings. The van der Waals surface area contributed by atoms with Crippen LogP contribution in [0.5, 0.6) is 0 Å². The van der Waals surface area contributed by atoms with E-state index in [4.69, 9.17) is 0 Å². The molecular formula is C7H18ClN3O2S. The largest absolute Gasteiger partial charge is 0.317 e. The van der Waals surface area contributed by atoms with Gasteiger partial charge in [-0.15, -0.1) is 12.4 Å². The summed E-state index contributed by atoms with van der Waals surface area (Å²) in [6.45, 7) is 1.78. The van der Waals surface area contributed by atoms with Gasteiger partial charge in [-0.2, -0.15) is 17.4 Å². The second-order valence-electron chi connectivity index (χ2n) is 3.43. The molecule has 0 saturated carbocycles. The van der Waals surface area contributed by atoms with Crippen LogP contribution in [0.3, 0.4) is 0 Å². The molecule has 14 heavy (non-hydrogen) atoms. The normalized spacial score (nSPS) is 19.4. The summed E-state index contributed by atoms with van der Waals surface area (Å²) in [5.74, 6) is 0. The van der Waals surface area contributed by atoms with E-state index >= 15 is 0 Å². The smallest absolute Gasteiger partial charge is 0.279 e. The summed E-state index contributed by atoms with van der Waals surface area (Å²) in [6, 6.07) is 0.0913. The summed E-state index contributed by atoms with van der Waals surface area (Å²) in [4.78, 5) is 0. The van der Waals surface area contributed by atoms with Crippen LogP contribution in [0.2, 0.25) is 0 Å². The van der Waals surface area contributed by atoms with Crippen LogP contribution in [0, 0.1) is 0 Å². The molecule has 1 fully saturated rings. The molecule has 0 aromatic rings. The summed E-state index contributed by atoms with van der Waals surface area (Å²) in [7, 11) is -0.180. The average Bonchev–Trinajstić information content (AvgIpc) is 2.05. The number of halogens is 1. The summed E-state index contributed by atoms with van der Waals surface area (Å²) in [6.07, 6.45) is 1.74. The van der Waals surface area contributed by atoms with E-state index < -0.39 is 10.2 Å². The van der Waals surface area contributed by atoms with Crippen molar-refractivity contribution in [3.8, 4) is 0 Å². The molecule has 0 aromatic carbocycles. The minimum atomic E-state index is -3.24.